The van der Waals surface area contributed by atoms with Gasteiger partial charge in [-0.3, -0.25) is 4.79 Å². The van der Waals surface area contributed by atoms with Gasteiger partial charge >= 0.3 is 0 Å². The second-order valence-electron chi connectivity index (χ2n) is 4.86. The molecule has 1 aliphatic rings. The van der Waals surface area contributed by atoms with Crippen LogP contribution in [0.4, 0.5) is 5.69 Å². The zero-order chi connectivity index (χ0) is 14.1. The van der Waals surface area contributed by atoms with Gasteiger partial charge in [0.25, 0.3) is 5.56 Å². The fraction of sp³-hybridized carbons (Fsp3) is 0.429. The van der Waals surface area contributed by atoms with Crippen molar-refractivity contribution in [1.29, 1.82) is 0 Å². The third-order valence-electron chi connectivity index (χ3n) is 3.54. The standard InChI is InChI=1S/C14H16ClN3OS/c1-2-18-14(19)13(15)11(8-17-18)16-7-10-6-9-4-3-5-12(9)20-10/h6,8,16H,2-5,7H2,1H3. The van der Waals surface area contributed by atoms with Crippen LogP contribution in [0.2, 0.25) is 5.02 Å². The van der Waals surface area contributed by atoms with Gasteiger partial charge in [0.1, 0.15) is 5.02 Å². The monoisotopic (exact) mass is 309 g/mol. The first-order valence-corrected chi connectivity index (χ1v) is 7.98. The highest BCUT2D eigenvalue weighted by Crippen LogP contribution is 2.31. The predicted molar refractivity (Wildman–Crippen MR) is 82.9 cm³/mol. The minimum atomic E-state index is -0.243. The average molecular weight is 310 g/mol. The summed E-state index contributed by atoms with van der Waals surface area (Å²) in [6.45, 7) is 3.08. The molecule has 0 spiro atoms. The number of nitrogens with zero attached hydrogens (tertiary/aromatic N) is 2. The number of hydrogen-bond acceptors (Lipinski definition) is 4. The molecule has 0 saturated carbocycles. The van der Waals surface area contributed by atoms with E-state index >= 15 is 0 Å². The molecule has 0 atom stereocenters. The Hall–Kier alpha value is -1.33. The molecule has 2 aromatic rings. The smallest absolute Gasteiger partial charge is 0.287 e. The highest BCUT2D eigenvalue weighted by molar-refractivity contribution is 7.12. The Morgan fingerprint density at radius 3 is 3.10 bits per heavy atom. The van der Waals surface area contributed by atoms with Gasteiger partial charge < -0.3 is 5.32 Å². The molecule has 106 valence electrons. The Kier molecular flexibility index (Phi) is 3.81. The molecule has 4 nitrogen and oxygen atoms in total. The number of fused-ring (bicyclic) bond motifs is 1. The average Bonchev–Trinajstić information content (AvgIpc) is 3.01. The summed E-state index contributed by atoms with van der Waals surface area (Å²) < 4.78 is 1.35. The Bertz CT molecular complexity index is 671. The lowest BCUT2D eigenvalue weighted by molar-refractivity contribution is 0.616. The van der Waals surface area contributed by atoms with Gasteiger partial charge in [0.05, 0.1) is 11.9 Å². The molecule has 3 rings (SSSR count). The number of hydrogen-bond donors (Lipinski definition) is 1. The zero-order valence-electron chi connectivity index (χ0n) is 11.3. The minimum Gasteiger partial charge on any atom is -0.377 e. The zero-order valence-corrected chi connectivity index (χ0v) is 12.9. The van der Waals surface area contributed by atoms with Gasteiger partial charge in [-0.15, -0.1) is 11.3 Å². The summed E-state index contributed by atoms with van der Waals surface area (Å²) in [7, 11) is 0. The molecular formula is C14H16ClN3OS. The maximum absolute atomic E-state index is 11.9. The Morgan fingerprint density at radius 1 is 1.50 bits per heavy atom. The molecule has 20 heavy (non-hydrogen) atoms. The Labute approximate surface area is 126 Å². The number of thiophene rings is 1. The van der Waals surface area contributed by atoms with Gasteiger partial charge in [-0.1, -0.05) is 11.6 Å². The Balaban J connectivity index is 1.75. The van der Waals surface area contributed by atoms with Crippen LogP contribution in [0.5, 0.6) is 0 Å². The predicted octanol–water partition coefficient (Wildman–Crippen LogP) is 3.08. The molecule has 0 aliphatic heterocycles. The first kappa shape index (κ1) is 13.6. The van der Waals surface area contributed by atoms with E-state index in [4.69, 9.17) is 11.6 Å². The van der Waals surface area contributed by atoms with E-state index < -0.39 is 0 Å². The Morgan fingerprint density at radius 2 is 2.35 bits per heavy atom. The topological polar surface area (TPSA) is 46.9 Å². The molecule has 0 saturated heterocycles. The van der Waals surface area contributed by atoms with Crippen molar-refractivity contribution < 1.29 is 0 Å². The molecule has 0 bridgehead atoms. The van der Waals surface area contributed by atoms with Crippen molar-refractivity contribution in [3.05, 3.63) is 43.0 Å². The molecular weight excluding hydrogens is 294 g/mol. The molecule has 2 heterocycles. The fourth-order valence-corrected chi connectivity index (χ4v) is 3.89. The van der Waals surface area contributed by atoms with E-state index in [1.54, 1.807) is 6.20 Å². The summed E-state index contributed by atoms with van der Waals surface area (Å²) in [5.41, 5.74) is 1.85. The van der Waals surface area contributed by atoms with E-state index in [1.165, 1.54) is 39.3 Å². The maximum atomic E-state index is 11.9. The van der Waals surface area contributed by atoms with Gasteiger partial charge in [-0.05, 0) is 37.8 Å². The summed E-state index contributed by atoms with van der Waals surface area (Å²) in [5.74, 6) is 0. The first-order chi connectivity index (χ1) is 9.69. The van der Waals surface area contributed by atoms with E-state index in [0.29, 0.717) is 18.8 Å². The number of rotatable bonds is 4. The van der Waals surface area contributed by atoms with Crippen LogP contribution in [0.1, 0.15) is 28.7 Å². The molecule has 0 fully saturated rings. The second-order valence-corrected chi connectivity index (χ2v) is 6.46. The molecule has 1 aliphatic carbocycles. The molecule has 0 unspecified atom stereocenters. The minimum absolute atomic E-state index is 0.214. The van der Waals surface area contributed by atoms with Crippen molar-refractivity contribution in [3.8, 4) is 0 Å². The fourth-order valence-electron chi connectivity index (χ4n) is 2.47. The van der Waals surface area contributed by atoms with E-state index in [1.807, 2.05) is 18.3 Å². The van der Waals surface area contributed by atoms with Crippen LogP contribution < -0.4 is 10.9 Å². The summed E-state index contributed by atoms with van der Waals surface area (Å²) in [5, 5.41) is 7.51. The molecule has 0 radical (unpaired) electrons. The highest BCUT2D eigenvalue weighted by atomic mass is 35.5. The lowest BCUT2D eigenvalue weighted by Crippen LogP contribution is -2.23. The summed E-state index contributed by atoms with van der Waals surface area (Å²) in [4.78, 5) is 14.7. The van der Waals surface area contributed by atoms with Crippen LogP contribution >= 0.6 is 22.9 Å². The van der Waals surface area contributed by atoms with Crippen molar-refractivity contribution in [2.24, 2.45) is 0 Å². The van der Waals surface area contributed by atoms with Gasteiger partial charge in [0.15, 0.2) is 0 Å². The van der Waals surface area contributed by atoms with Crippen molar-refractivity contribution in [3.63, 3.8) is 0 Å². The quantitative estimate of drug-likeness (QED) is 0.944. The third-order valence-corrected chi connectivity index (χ3v) is 5.14. The third kappa shape index (κ3) is 2.47. The SMILES string of the molecule is CCn1ncc(NCc2cc3c(s2)CCC3)c(Cl)c1=O. The van der Waals surface area contributed by atoms with Crippen molar-refractivity contribution in [1.82, 2.24) is 9.78 Å². The first-order valence-electron chi connectivity index (χ1n) is 6.79. The maximum Gasteiger partial charge on any atom is 0.287 e. The summed E-state index contributed by atoms with van der Waals surface area (Å²) in [6.07, 6.45) is 5.30. The van der Waals surface area contributed by atoms with E-state index in [0.717, 1.165) is 0 Å². The van der Waals surface area contributed by atoms with Gasteiger partial charge in [0.2, 0.25) is 0 Å². The summed E-state index contributed by atoms with van der Waals surface area (Å²) in [6, 6.07) is 2.26. The van der Waals surface area contributed by atoms with Crippen LogP contribution in [-0.2, 0) is 25.9 Å². The number of halogens is 1. The number of aromatic nitrogens is 2. The lowest BCUT2D eigenvalue weighted by atomic mass is 10.2. The van der Waals surface area contributed by atoms with Crippen LogP contribution in [0.25, 0.3) is 0 Å². The van der Waals surface area contributed by atoms with E-state index in [9.17, 15) is 4.79 Å². The van der Waals surface area contributed by atoms with Gasteiger partial charge in [-0.2, -0.15) is 5.10 Å². The van der Waals surface area contributed by atoms with Crippen LogP contribution in [0.15, 0.2) is 17.1 Å². The van der Waals surface area contributed by atoms with Crippen LogP contribution in [0.3, 0.4) is 0 Å². The van der Waals surface area contributed by atoms with Gasteiger partial charge in [0, 0.05) is 22.8 Å². The number of aryl methyl sites for hydroxylation is 3. The second kappa shape index (κ2) is 5.58. The van der Waals surface area contributed by atoms with E-state index in [2.05, 4.69) is 16.5 Å². The largest absolute Gasteiger partial charge is 0.377 e. The summed E-state index contributed by atoms with van der Waals surface area (Å²) >= 11 is 7.94. The molecule has 0 amide bonds. The number of anilines is 1. The normalized spacial score (nSPS) is 13.5. The van der Waals surface area contributed by atoms with Crippen LogP contribution in [0, 0.1) is 0 Å². The van der Waals surface area contributed by atoms with Crippen molar-refractivity contribution in [2.45, 2.75) is 39.3 Å². The molecule has 2 aromatic heterocycles. The molecule has 6 heteroatoms. The van der Waals surface area contributed by atoms with Crippen molar-refractivity contribution >= 4 is 28.6 Å². The lowest BCUT2D eigenvalue weighted by Gasteiger charge is -2.08. The van der Waals surface area contributed by atoms with E-state index in [-0.39, 0.29) is 10.6 Å². The van der Waals surface area contributed by atoms with Crippen LogP contribution in [-0.4, -0.2) is 9.78 Å². The molecule has 1 N–H and O–H groups in total. The van der Waals surface area contributed by atoms with Crippen molar-refractivity contribution in [2.75, 3.05) is 5.32 Å². The van der Waals surface area contributed by atoms with Gasteiger partial charge in [-0.25, -0.2) is 4.68 Å². The number of nitrogens with one attached hydrogen (secondary N) is 1. The molecule has 0 aromatic carbocycles. The highest BCUT2D eigenvalue weighted by Gasteiger charge is 2.15.